The molecule has 4 rings (SSSR count). The Morgan fingerprint density at radius 2 is 1.79 bits per heavy atom. The van der Waals surface area contributed by atoms with Crippen LogP contribution in [0.5, 0.6) is 0 Å². The van der Waals surface area contributed by atoms with Gasteiger partial charge in [-0.25, -0.2) is 5.43 Å². The molecule has 1 heterocycles. The number of hydrogen-bond donors (Lipinski definition) is 1. The number of nitrogens with one attached hydrogen (secondary N) is 1. The van der Waals surface area contributed by atoms with E-state index < -0.39 is 0 Å². The van der Waals surface area contributed by atoms with Crippen molar-refractivity contribution in [2.24, 2.45) is 5.10 Å². The minimum absolute atomic E-state index is 0.245. The zero-order chi connectivity index (χ0) is 19.3. The van der Waals surface area contributed by atoms with Gasteiger partial charge in [0.15, 0.2) is 0 Å². The molecule has 1 N–H and O–H groups in total. The van der Waals surface area contributed by atoms with Crippen LogP contribution in [0.2, 0.25) is 0 Å². The Kier molecular flexibility index (Phi) is 5.35. The lowest BCUT2D eigenvalue weighted by Crippen LogP contribution is -2.17. The molecule has 28 heavy (non-hydrogen) atoms. The summed E-state index contributed by atoms with van der Waals surface area (Å²) in [6.07, 6.45) is 3.76. The van der Waals surface area contributed by atoms with Gasteiger partial charge >= 0.3 is 0 Å². The van der Waals surface area contributed by atoms with Gasteiger partial charge in [-0.2, -0.15) is 5.10 Å². The van der Waals surface area contributed by atoms with E-state index in [-0.39, 0.29) is 5.91 Å². The number of halogens is 1. The number of hydrogen-bond acceptors (Lipinski definition) is 2. The predicted octanol–water partition coefficient (Wildman–Crippen LogP) is 5.22. The predicted molar refractivity (Wildman–Crippen MR) is 117 cm³/mol. The molecule has 1 aromatic heterocycles. The molecule has 0 saturated carbocycles. The first-order valence-electron chi connectivity index (χ1n) is 8.91. The van der Waals surface area contributed by atoms with Gasteiger partial charge in [-0.1, -0.05) is 70.5 Å². The van der Waals surface area contributed by atoms with Crippen LogP contribution < -0.4 is 5.43 Å². The number of para-hydroxylation sites is 1. The van der Waals surface area contributed by atoms with Crippen molar-refractivity contribution < 1.29 is 4.79 Å². The van der Waals surface area contributed by atoms with Crippen LogP contribution in [-0.2, 0) is 6.54 Å². The number of amides is 1. The fourth-order valence-electron chi connectivity index (χ4n) is 3.14. The number of hydrazone groups is 1. The fourth-order valence-corrected chi connectivity index (χ4v) is 3.54. The molecule has 0 unspecified atom stereocenters. The van der Waals surface area contributed by atoms with E-state index >= 15 is 0 Å². The number of rotatable bonds is 5. The zero-order valence-corrected chi connectivity index (χ0v) is 16.6. The lowest BCUT2D eigenvalue weighted by Gasteiger charge is -2.05. The molecule has 0 atom stereocenters. The highest BCUT2D eigenvalue weighted by molar-refractivity contribution is 9.10. The van der Waals surface area contributed by atoms with Crippen LogP contribution in [0.4, 0.5) is 0 Å². The number of carbonyl (C=O) groups is 1. The summed E-state index contributed by atoms with van der Waals surface area (Å²) in [5, 5.41) is 5.26. The van der Waals surface area contributed by atoms with Gasteiger partial charge in [0.05, 0.1) is 6.21 Å². The normalized spacial score (nSPS) is 11.2. The van der Waals surface area contributed by atoms with E-state index in [4.69, 9.17) is 0 Å². The van der Waals surface area contributed by atoms with Crippen molar-refractivity contribution in [1.82, 2.24) is 9.99 Å². The third-order valence-electron chi connectivity index (χ3n) is 4.47. The van der Waals surface area contributed by atoms with E-state index in [9.17, 15) is 4.79 Å². The topological polar surface area (TPSA) is 46.4 Å². The first kappa shape index (κ1) is 18.2. The molecule has 138 valence electrons. The number of benzene rings is 3. The molecule has 1 amide bonds. The van der Waals surface area contributed by atoms with Crippen molar-refractivity contribution in [3.63, 3.8) is 0 Å². The lowest BCUT2D eigenvalue weighted by molar-refractivity contribution is 0.0955. The van der Waals surface area contributed by atoms with Gasteiger partial charge < -0.3 is 4.57 Å². The Balaban J connectivity index is 1.57. The van der Waals surface area contributed by atoms with Crippen LogP contribution in [0.3, 0.4) is 0 Å². The van der Waals surface area contributed by atoms with Gasteiger partial charge in [0.25, 0.3) is 5.91 Å². The van der Waals surface area contributed by atoms with Gasteiger partial charge in [0, 0.05) is 39.2 Å². The van der Waals surface area contributed by atoms with E-state index in [1.54, 1.807) is 18.3 Å². The van der Waals surface area contributed by atoms with Gasteiger partial charge in [-0.15, -0.1) is 0 Å². The highest BCUT2D eigenvalue weighted by Gasteiger charge is 2.08. The number of fused-ring (bicyclic) bond motifs is 1. The van der Waals surface area contributed by atoms with Crippen LogP contribution in [0.1, 0.15) is 21.5 Å². The van der Waals surface area contributed by atoms with E-state index in [1.165, 1.54) is 5.56 Å². The number of carbonyl (C=O) groups excluding carboxylic acids is 1. The quantitative estimate of drug-likeness (QED) is 0.341. The maximum absolute atomic E-state index is 12.2. The molecule has 5 heteroatoms. The maximum Gasteiger partial charge on any atom is 0.271 e. The summed E-state index contributed by atoms with van der Waals surface area (Å²) in [5.74, 6) is -0.245. The molecule has 0 radical (unpaired) electrons. The summed E-state index contributed by atoms with van der Waals surface area (Å²) in [4.78, 5) is 12.2. The third kappa shape index (κ3) is 4.05. The molecule has 0 spiro atoms. The van der Waals surface area contributed by atoms with E-state index in [1.807, 2.05) is 42.5 Å². The molecule has 0 aliphatic rings. The fraction of sp³-hybridized carbons (Fsp3) is 0.0435. The highest BCUT2D eigenvalue weighted by atomic mass is 79.9. The standard InChI is InChI=1S/C23H18BrN3O/c24-20-10-6-9-18(13-20)23(28)26-25-14-19-16-27(15-17-7-2-1-3-8-17)22-12-5-4-11-21(19)22/h1-14,16H,15H2,(H,26,28)/b25-14-. The largest absolute Gasteiger partial charge is 0.342 e. The Morgan fingerprint density at radius 1 is 1.00 bits per heavy atom. The van der Waals surface area contributed by atoms with Crippen LogP contribution in [0.15, 0.2) is 94.6 Å². The second-order valence-corrected chi connectivity index (χ2v) is 7.34. The van der Waals surface area contributed by atoms with Crippen molar-refractivity contribution >= 4 is 39.0 Å². The summed E-state index contributed by atoms with van der Waals surface area (Å²) in [5.41, 5.74) is 6.47. The van der Waals surface area contributed by atoms with E-state index in [0.29, 0.717) is 5.56 Å². The summed E-state index contributed by atoms with van der Waals surface area (Å²) < 4.78 is 3.05. The second kappa shape index (κ2) is 8.23. The minimum Gasteiger partial charge on any atom is -0.342 e. The Labute approximate surface area is 171 Å². The van der Waals surface area contributed by atoms with Crippen LogP contribution in [0, 0.1) is 0 Å². The first-order chi connectivity index (χ1) is 13.7. The summed E-state index contributed by atoms with van der Waals surface area (Å²) in [6, 6.07) is 25.7. The van der Waals surface area contributed by atoms with E-state index in [0.717, 1.165) is 27.5 Å². The summed E-state index contributed by atoms with van der Waals surface area (Å²) in [6.45, 7) is 0.777. The molecule has 0 fully saturated rings. The minimum atomic E-state index is -0.245. The Morgan fingerprint density at radius 3 is 2.61 bits per heavy atom. The number of nitrogens with zero attached hydrogens (tertiary/aromatic N) is 2. The molecule has 0 aliphatic heterocycles. The van der Waals surface area contributed by atoms with Gasteiger partial charge in [-0.05, 0) is 29.8 Å². The van der Waals surface area contributed by atoms with Crippen LogP contribution in [-0.4, -0.2) is 16.7 Å². The maximum atomic E-state index is 12.2. The molecular formula is C23H18BrN3O. The van der Waals surface area contributed by atoms with Crippen molar-refractivity contribution in [1.29, 1.82) is 0 Å². The van der Waals surface area contributed by atoms with Crippen molar-refractivity contribution in [2.45, 2.75) is 6.54 Å². The monoisotopic (exact) mass is 431 g/mol. The third-order valence-corrected chi connectivity index (χ3v) is 4.96. The van der Waals surface area contributed by atoms with Crippen molar-refractivity contribution in [3.8, 4) is 0 Å². The lowest BCUT2D eigenvalue weighted by atomic mass is 10.2. The summed E-state index contributed by atoms with van der Waals surface area (Å²) >= 11 is 3.37. The second-order valence-electron chi connectivity index (χ2n) is 6.42. The van der Waals surface area contributed by atoms with Crippen molar-refractivity contribution in [3.05, 3.63) is 106 Å². The average molecular weight is 432 g/mol. The molecular weight excluding hydrogens is 414 g/mol. The van der Waals surface area contributed by atoms with Gasteiger partial charge in [0.1, 0.15) is 0 Å². The van der Waals surface area contributed by atoms with Gasteiger partial charge in [0.2, 0.25) is 0 Å². The van der Waals surface area contributed by atoms with Crippen LogP contribution in [0.25, 0.3) is 10.9 Å². The molecule has 3 aromatic carbocycles. The Bertz CT molecular complexity index is 1150. The van der Waals surface area contributed by atoms with E-state index in [2.05, 4.69) is 61.5 Å². The highest BCUT2D eigenvalue weighted by Crippen LogP contribution is 2.21. The SMILES string of the molecule is O=C(N/N=C\c1cn(Cc2ccccc2)c2ccccc12)c1cccc(Br)c1. The molecule has 0 aliphatic carbocycles. The van der Waals surface area contributed by atoms with Crippen molar-refractivity contribution in [2.75, 3.05) is 0 Å². The Hall–Kier alpha value is -3.18. The molecule has 4 nitrogen and oxygen atoms in total. The average Bonchev–Trinajstić information content (AvgIpc) is 3.06. The van der Waals surface area contributed by atoms with Gasteiger partial charge in [-0.3, -0.25) is 4.79 Å². The first-order valence-corrected chi connectivity index (χ1v) is 9.71. The molecule has 0 bridgehead atoms. The van der Waals surface area contributed by atoms with Crippen LogP contribution >= 0.6 is 15.9 Å². The zero-order valence-electron chi connectivity index (χ0n) is 15.0. The smallest absolute Gasteiger partial charge is 0.271 e. The molecule has 4 aromatic rings. The molecule has 0 saturated heterocycles. The number of aromatic nitrogens is 1. The summed E-state index contributed by atoms with van der Waals surface area (Å²) in [7, 11) is 0.